The van der Waals surface area contributed by atoms with Crippen molar-refractivity contribution in [2.24, 2.45) is 0 Å². The maximum Gasteiger partial charge on any atom is 0.303 e. The van der Waals surface area contributed by atoms with E-state index in [9.17, 15) is 27.2 Å². The summed E-state index contributed by atoms with van der Waals surface area (Å²) in [5.41, 5.74) is 1.02. The number of rotatable bonds is 8. The SMILES string of the molecule is Cc1c(N2CCCC(F)(F)C2)nc2ccc(Br)cc2c1C(=O)NC[C@H](CCC(=O)O)c1cc(F)ccc1F. The summed E-state index contributed by atoms with van der Waals surface area (Å²) in [6.07, 6.45) is -0.289. The van der Waals surface area contributed by atoms with Gasteiger partial charge in [-0.05, 0) is 61.7 Å². The lowest BCUT2D eigenvalue weighted by Crippen LogP contribution is -2.43. The van der Waals surface area contributed by atoms with Crippen LogP contribution in [0.5, 0.6) is 0 Å². The zero-order valence-corrected chi connectivity index (χ0v) is 22.1. The molecule has 38 heavy (non-hydrogen) atoms. The zero-order chi connectivity index (χ0) is 27.6. The van der Waals surface area contributed by atoms with Crippen molar-refractivity contribution in [2.45, 2.75) is 44.4 Å². The van der Waals surface area contributed by atoms with E-state index in [1.54, 1.807) is 25.1 Å². The van der Waals surface area contributed by atoms with Gasteiger partial charge in [-0.3, -0.25) is 9.59 Å². The molecule has 202 valence electrons. The van der Waals surface area contributed by atoms with E-state index in [0.717, 1.165) is 18.2 Å². The number of carboxylic acids is 1. The Kier molecular flexibility index (Phi) is 8.25. The highest BCUT2D eigenvalue weighted by molar-refractivity contribution is 9.10. The maximum atomic E-state index is 14.5. The highest BCUT2D eigenvalue weighted by Gasteiger charge is 2.37. The third kappa shape index (κ3) is 6.25. The number of carboxylic acid groups (broad SMARTS) is 1. The number of aromatic nitrogens is 1. The molecule has 2 heterocycles. The van der Waals surface area contributed by atoms with E-state index >= 15 is 0 Å². The molecule has 1 aliphatic rings. The van der Waals surface area contributed by atoms with Gasteiger partial charge in [-0.1, -0.05) is 15.9 Å². The van der Waals surface area contributed by atoms with Crippen LogP contribution in [0.25, 0.3) is 10.9 Å². The number of benzene rings is 2. The van der Waals surface area contributed by atoms with E-state index < -0.39 is 41.9 Å². The number of carbonyl (C=O) groups is 2. The number of hydrogen-bond acceptors (Lipinski definition) is 4. The Hall–Kier alpha value is -3.21. The topological polar surface area (TPSA) is 82.5 Å². The van der Waals surface area contributed by atoms with Crippen LogP contribution in [-0.4, -0.2) is 47.5 Å². The molecule has 1 fully saturated rings. The van der Waals surface area contributed by atoms with Crippen LogP contribution in [0.15, 0.2) is 40.9 Å². The van der Waals surface area contributed by atoms with E-state index in [2.05, 4.69) is 26.2 Å². The quantitative estimate of drug-likeness (QED) is 0.303. The monoisotopic (exact) mass is 595 g/mol. The molecular formula is C27H26BrF4N3O3. The fraction of sp³-hybridized carbons (Fsp3) is 0.370. The number of alkyl halides is 2. The molecule has 1 aliphatic heterocycles. The van der Waals surface area contributed by atoms with Crippen LogP contribution in [0.1, 0.15) is 53.1 Å². The molecule has 3 aromatic rings. The number of piperidine rings is 1. The van der Waals surface area contributed by atoms with Gasteiger partial charge in [-0.2, -0.15) is 0 Å². The van der Waals surface area contributed by atoms with Gasteiger partial charge in [-0.25, -0.2) is 22.5 Å². The first-order valence-corrected chi connectivity index (χ1v) is 12.9. The second-order valence-electron chi connectivity index (χ2n) is 9.48. The number of nitrogens with zero attached hydrogens (tertiary/aromatic N) is 2. The molecule has 4 rings (SSSR count). The van der Waals surface area contributed by atoms with Crippen molar-refractivity contribution in [2.75, 3.05) is 24.5 Å². The highest BCUT2D eigenvalue weighted by Crippen LogP contribution is 2.35. The van der Waals surface area contributed by atoms with E-state index in [1.807, 2.05) is 0 Å². The average molecular weight is 596 g/mol. The molecule has 0 radical (unpaired) electrons. The molecule has 2 aromatic carbocycles. The number of pyridine rings is 1. The summed E-state index contributed by atoms with van der Waals surface area (Å²) in [7, 11) is 0. The fourth-order valence-corrected chi connectivity index (χ4v) is 5.22. The summed E-state index contributed by atoms with van der Waals surface area (Å²) in [6.45, 7) is 1.32. The Morgan fingerprint density at radius 3 is 2.68 bits per heavy atom. The van der Waals surface area contributed by atoms with Crippen molar-refractivity contribution < 1.29 is 32.3 Å². The lowest BCUT2D eigenvalue weighted by molar-refractivity contribution is -0.137. The summed E-state index contributed by atoms with van der Waals surface area (Å²) < 4.78 is 57.5. The van der Waals surface area contributed by atoms with Crippen molar-refractivity contribution in [3.8, 4) is 0 Å². The van der Waals surface area contributed by atoms with Crippen molar-refractivity contribution in [3.05, 3.63) is 69.2 Å². The Balaban J connectivity index is 1.70. The van der Waals surface area contributed by atoms with E-state index in [-0.39, 0.29) is 49.2 Å². The van der Waals surface area contributed by atoms with Crippen molar-refractivity contribution in [1.29, 1.82) is 0 Å². The molecule has 1 aromatic heterocycles. The number of halogens is 5. The van der Waals surface area contributed by atoms with Gasteiger partial charge in [0.25, 0.3) is 11.8 Å². The van der Waals surface area contributed by atoms with Crippen LogP contribution in [0, 0.1) is 18.6 Å². The van der Waals surface area contributed by atoms with E-state index in [1.165, 1.54) is 4.90 Å². The Morgan fingerprint density at radius 2 is 1.97 bits per heavy atom. The predicted molar refractivity (Wildman–Crippen MR) is 139 cm³/mol. The molecular weight excluding hydrogens is 570 g/mol. The zero-order valence-electron chi connectivity index (χ0n) is 20.5. The highest BCUT2D eigenvalue weighted by atomic mass is 79.9. The van der Waals surface area contributed by atoms with Crippen LogP contribution in [0.4, 0.5) is 23.4 Å². The van der Waals surface area contributed by atoms with Crippen molar-refractivity contribution >= 4 is 44.5 Å². The summed E-state index contributed by atoms with van der Waals surface area (Å²) in [6, 6.07) is 8.02. The first-order valence-electron chi connectivity index (χ1n) is 12.1. The molecule has 2 N–H and O–H groups in total. The van der Waals surface area contributed by atoms with Crippen LogP contribution in [0.2, 0.25) is 0 Å². The summed E-state index contributed by atoms with van der Waals surface area (Å²) in [4.78, 5) is 30.8. The molecule has 0 aliphatic carbocycles. The van der Waals surface area contributed by atoms with Gasteiger partial charge in [0.1, 0.15) is 17.5 Å². The Morgan fingerprint density at radius 1 is 1.21 bits per heavy atom. The summed E-state index contributed by atoms with van der Waals surface area (Å²) >= 11 is 3.39. The van der Waals surface area contributed by atoms with Gasteiger partial charge in [0.05, 0.1) is 17.6 Å². The largest absolute Gasteiger partial charge is 0.481 e. The Bertz CT molecular complexity index is 1390. The van der Waals surface area contributed by atoms with Gasteiger partial charge in [-0.15, -0.1) is 0 Å². The molecule has 1 saturated heterocycles. The molecule has 11 heteroatoms. The number of nitrogens with one attached hydrogen (secondary N) is 1. The van der Waals surface area contributed by atoms with Crippen LogP contribution in [-0.2, 0) is 4.79 Å². The molecule has 1 amide bonds. The number of fused-ring (bicyclic) bond motifs is 1. The van der Waals surface area contributed by atoms with Gasteiger partial charge in [0, 0.05) is 47.3 Å². The molecule has 0 spiro atoms. The number of anilines is 1. The number of aliphatic carboxylic acids is 1. The lowest BCUT2D eigenvalue weighted by Gasteiger charge is -2.34. The average Bonchev–Trinajstić information content (AvgIpc) is 2.84. The minimum atomic E-state index is -2.88. The van der Waals surface area contributed by atoms with Crippen molar-refractivity contribution in [3.63, 3.8) is 0 Å². The minimum Gasteiger partial charge on any atom is -0.481 e. The number of hydrogen-bond donors (Lipinski definition) is 2. The second kappa shape index (κ2) is 11.3. The van der Waals surface area contributed by atoms with Gasteiger partial charge >= 0.3 is 5.97 Å². The first-order chi connectivity index (χ1) is 17.9. The molecule has 6 nitrogen and oxygen atoms in total. The Labute approximate surface area is 225 Å². The molecule has 0 saturated carbocycles. The lowest BCUT2D eigenvalue weighted by atomic mass is 9.93. The first kappa shape index (κ1) is 27.8. The van der Waals surface area contributed by atoms with E-state index in [0.29, 0.717) is 27.5 Å². The van der Waals surface area contributed by atoms with Gasteiger partial charge < -0.3 is 15.3 Å². The standard InChI is InChI=1S/C27H26BrF4N3O3/c1-15-24(26(38)33-13-16(3-8-23(36)37)19-12-18(29)5-6-21(19)30)20-11-17(28)4-7-22(20)34-25(15)35-10-2-9-27(31,32)14-35/h4-7,11-12,16H,2-3,8-10,13-14H2,1H3,(H,33,38)(H,36,37)/t16-/m0/s1. The third-order valence-corrected chi connectivity index (χ3v) is 7.19. The molecule has 0 unspecified atom stereocenters. The van der Waals surface area contributed by atoms with Crippen LogP contribution < -0.4 is 10.2 Å². The summed E-state index contributed by atoms with van der Waals surface area (Å²) in [5.74, 6) is -6.47. The normalized spacial score (nSPS) is 15.9. The van der Waals surface area contributed by atoms with Crippen LogP contribution >= 0.6 is 15.9 Å². The number of amides is 1. The van der Waals surface area contributed by atoms with E-state index in [4.69, 9.17) is 5.11 Å². The minimum absolute atomic E-state index is 0.0360. The molecule has 1 atom stereocenters. The third-order valence-electron chi connectivity index (χ3n) is 6.70. The van der Waals surface area contributed by atoms with Gasteiger partial charge in [0.15, 0.2) is 0 Å². The molecule has 0 bridgehead atoms. The van der Waals surface area contributed by atoms with Crippen LogP contribution in [0.3, 0.4) is 0 Å². The fourth-order valence-electron chi connectivity index (χ4n) is 4.86. The maximum absolute atomic E-state index is 14.5. The number of carbonyl (C=O) groups excluding carboxylic acids is 1. The van der Waals surface area contributed by atoms with Crippen molar-refractivity contribution in [1.82, 2.24) is 10.3 Å². The second-order valence-corrected chi connectivity index (χ2v) is 10.4. The summed E-state index contributed by atoms with van der Waals surface area (Å²) in [5, 5.41) is 12.4. The smallest absolute Gasteiger partial charge is 0.303 e. The predicted octanol–water partition coefficient (Wildman–Crippen LogP) is 6.20. The van der Waals surface area contributed by atoms with Gasteiger partial charge in [0.2, 0.25) is 0 Å².